The molecule has 5 nitrogen and oxygen atoms in total. The summed E-state index contributed by atoms with van der Waals surface area (Å²) in [6, 6.07) is 9.64. The maximum Gasteiger partial charge on any atom is 0.252 e. The Morgan fingerprint density at radius 1 is 1.33 bits per heavy atom. The third-order valence-corrected chi connectivity index (χ3v) is 3.59. The predicted octanol–water partition coefficient (Wildman–Crippen LogP) is 2.28. The van der Waals surface area contributed by atoms with E-state index in [1.54, 1.807) is 0 Å². The third kappa shape index (κ3) is 3.70. The molecule has 2 aromatic rings. The van der Waals surface area contributed by atoms with Crippen molar-refractivity contribution in [2.75, 3.05) is 11.9 Å². The number of anilines is 2. The van der Waals surface area contributed by atoms with Crippen LogP contribution in [-0.2, 0) is 6.42 Å². The molecule has 1 saturated carbocycles. The van der Waals surface area contributed by atoms with Gasteiger partial charge in [-0.05, 0) is 49.9 Å². The first kappa shape index (κ1) is 13.8. The quantitative estimate of drug-likeness (QED) is 0.760. The van der Waals surface area contributed by atoms with Gasteiger partial charge in [0.15, 0.2) is 0 Å². The molecular weight excluding hydrogens is 264 g/mol. The molecule has 1 heterocycles. The fourth-order valence-electron chi connectivity index (χ4n) is 2.35. The summed E-state index contributed by atoms with van der Waals surface area (Å²) < 4.78 is 0. The largest absolute Gasteiger partial charge is 0.340 e. The maximum atomic E-state index is 11.7. The minimum atomic E-state index is -0.103. The van der Waals surface area contributed by atoms with E-state index in [-0.39, 0.29) is 5.56 Å². The minimum absolute atomic E-state index is 0.103. The first-order chi connectivity index (χ1) is 10.2. The van der Waals surface area contributed by atoms with Crippen molar-refractivity contribution in [3.63, 3.8) is 0 Å². The van der Waals surface area contributed by atoms with Gasteiger partial charge in [-0.25, -0.2) is 4.98 Å². The normalized spacial score (nSPS) is 14.1. The Bertz CT molecular complexity index is 676. The van der Waals surface area contributed by atoms with Gasteiger partial charge in [-0.15, -0.1) is 0 Å². The number of aromatic nitrogens is 2. The van der Waals surface area contributed by atoms with Gasteiger partial charge in [-0.3, -0.25) is 4.79 Å². The van der Waals surface area contributed by atoms with Crippen molar-refractivity contribution in [2.24, 2.45) is 5.73 Å². The Morgan fingerprint density at radius 2 is 2.19 bits per heavy atom. The standard InChI is InChI=1S/C16H20N4O/c17-8-2-4-11-3-1-5-13(9-11)18-14-10-15(21)20-16(19-14)12-6-7-12/h1,3,5,9-10,12H,2,4,6-8,17H2,(H2,18,19,20,21). The van der Waals surface area contributed by atoms with Crippen LogP contribution in [0.4, 0.5) is 11.5 Å². The van der Waals surface area contributed by atoms with Crippen molar-refractivity contribution in [2.45, 2.75) is 31.6 Å². The van der Waals surface area contributed by atoms with Crippen LogP contribution in [-0.4, -0.2) is 16.5 Å². The topological polar surface area (TPSA) is 83.8 Å². The molecule has 1 fully saturated rings. The number of aromatic amines is 1. The highest BCUT2D eigenvalue weighted by Gasteiger charge is 2.26. The Labute approximate surface area is 123 Å². The lowest BCUT2D eigenvalue weighted by Gasteiger charge is -2.08. The average molecular weight is 284 g/mol. The lowest BCUT2D eigenvalue weighted by atomic mass is 10.1. The van der Waals surface area contributed by atoms with E-state index in [1.165, 1.54) is 11.6 Å². The van der Waals surface area contributed by atoms with E-state index in [1.807, 2.05) is 12.1 Å². The number of aryl methyl sites for hydroxylation is 1. The molecule has 5 heteroatoms. The van der Waals surface area contributed by atoms with Gasteiger partial charge in [0.05, 0.1) is 0 Å². The van der Waals surface area contributed by atoms with Crippen molar-refractivity contribution in [1.29, 1.82) is 0 Å². The van der Waals surface area contributed by atoms with Gasteiger partial charge in [-0.1, -0.05) is 12.1 Å². The molecule has 0 unspecified atom stereocenters. The summed E-state index contributed by atoms with van der Waals surface area (Å²) in [5.74, 6) is 1.83. The fourth-order valence-corrected chi connectivity index (χ4v) is 2.35. The number of rotatable bonds is 6. The predicted molar refractivity (Wildman–Crippen MR) is 83.9 cm³/mol. The van der Waals surface area contributed by atoms with E-state index in [0.29, 0.717) is 18.3 Å². The summed E-state index contributed by atoms with van der Waals surface area (Å²) in [6.45, 7) is 0.692. The number of nitrogens with one attached hydrogen (secondary N) is 2. The van der Waals surface area contributed by atoms with Crippen molar-refractivity contribution < 1.29 is 0 Å². The van der Waals surface area contributed by atoms with E-state index >= 15 is 0 Å². The lowest BCUT2D eigenvalue weighted by molar-refractivity contribution is 0.833. The number of benzene rings is 1. The van der Waals surface area contributed by atoms with Crippen LogP contribution in [0.15, 0.2) is 35.1 Å². The second kappa shape index (κ2) is 6.10. The molecular formula is C16H20N4O. The van der Waals surface area contributed by atoms with Gasteiger partial charge >= 0.3 is 0 Å². The molecule has 3 rings (SSSR count). The van der Waals surface area contributed by atoms with Crippen molar-refractivity contribution >= 4 is 11.5 Å². The van der Waals surface area contributed by atoms with Crippen LogP contribution in [0.25, 0.3) is 0 Å². The van der Waals surface area contributed by atoms with Crippen molar-refractivity contribution in [3.8, 4) is 0 Å². The second-order valence-corrected chi connectivity index (χ2v) is 5.51. The van der Waals surface area contributed by atoms with Gasteiger partial charge in [0.25, 0.3) is 5.56 Å². The molecule has 0 spiro atoms. The molecule has 4 N–H and O–H groups in total. The number of hydrogen-bond donors (Lipinski definition) is 3. The molecule has 0 bridgehead atoms. The summed E-state index contributed by atoms with van der Waals surface area (Å²) in [7, 11) is 0. The number of H-pyrrole nitrogens is 1. The van der Waals surface area contributed by atoms with Crippen LogP contribution in [0.2, 0.25) is 0 Å². The Balaban J connectivity index is 1.78. The lowest BCUT2D eigenvalue weighted by Crippen LogP contribution is -2.11. The summed E-state index contributed by atoms with van der Waals surface area (Å²) in [5.41, 5.74) is 7.62. The van der Waals surface area contributed by atoms with Crippen LogP contribution in [0, 0.1) is 0 Å². The van der Waals surface area contributed by atoms with Gasteiger partial charge in [0.1, 0.15) is 11.6 Å². The highest BCUT2D eigenvalue weighted by atomic mass is 16.1. The van der Waals surface area contributed by atoms with Crippen LogP contribution in [0.1, 0.15) is 36.6 Å². The van der Waals surface area contributed by atoms with E-state index < -0.39 is 0 Å². The minimum Gasteiger partial charge on any atom is -0.340 e. The second-order valence-electron chi connectivity index (χ2n) is 5.51. The van der Waals surface area contributed by atoms with Gasteiger partial charge in [0.2, 0.25) is 0 Å². The zero-order valence-corrected chi connectivity index (χ0v) is 11.9. The molecule has 21 heavy (non-hydrogen) atoms. The van der Waals surface area contributed by atoms with E-state index in [4.69, 9.17) is 5.73 Å². The smallest absolute Gasteiger partial charge is 0.252 e. The first-order valence-electron chi connectivity index (χ1n) is 7.42. The van der Waals surface area contributed by atoms with Crippen LogP contribution < -0.4 is 16.6 Å². The Hall–Kier alpha value is -2.14. The summed E-state index contributed by atoms with van der Waals surface area (Å²) in [5, 5.41) is 3.22. The monoisotopic (exact) mass is 284 g/mol. The molecule has 110 valence electrons. The van der Waals surface area contributed by atoms with Crippen LogP contribution in [0.3, 0.4) is 0 Å². The first-order valence-corrected chi connectivity index (χ1v) is 7.42. The number of hydrogen-bond acceptors (Lipinski definition) is 4. The van der Waals surface area contributed by atoms with Crippen molar-refractivity contribution in [1.82, 2.24) is 9.97 Å². The number of nitrogens with zero attached hydrogens (tertiary/aromatic N) is 1. The zero-order chi connectivity index (χ0) is 14.7. The van der Waals surface area contributed by atoms with Gasteiger partial charge in [-0.2, -0.15) is 0 Å². The van der Waals surface area contributed by atoms with E-state index in [9.17, 15) is 4.79 Å². The maximum absolute atomic E-state index is 11.7. The molecule has 0 saturated heterocycles. The van der Waals surface area contributed by atoms with Gasteiger partial charge < -0.3 is 16.0 Å². The molecule has 1 aromatic heterocycles. The summed E-state index contributed by atoms with van der Waals surface area (Å²) in [4.78, 5) is 19.0. The average Bonchev–Trinajstić information content (AvgIpc) is 3.29. The molecule has 1 aromatic carbocycles. The molecule has 0 radical (unpaired) electrons. The highest BCUT2D eigenvalue weighted by Crippen LogP contribution is 2.37. The van der Waals surface area contributed by atoms with Crippen molar-refractivity contribution in [3.05, 3.63) is 52.1 Å². The van der Waals surface area contributed by atoms with Crippen LogP contribution in [0.5, 0.6) is 0 Å². The van der Waals surface area contributed by atoms with Crippen LogP contribution >= 0.6 is 0 Å². The SMILES string of the molecule is NCCCc1cccc(Nc2cc(=O)[nH]c(C3CC3)n2)c1. The zero-order valence-electron chi connectivity index (χ0n) is 11.9. The summed E-state index contributed by atoms with van der Waals surface area (Å²) in [6.07, 6.45) is 4.16. The molecule has 0 atom stereocenters. The van der Waals surface area contributed by atoms with E-state index in [2.05, 4.69) is 27.4 Å². The van der Waals surface area contributed by atoms with Gasteiger partial charge in [0, 0.05) is 17.7 Å². The number of nitrogens with two attached hydrogens (primary N) is 1. The fraction of sp³-hybridized carbons (Fsp3) is 0.375. The third-order valence-electron chi connectivity index (χ3n) is 3.59. The summed E-state index contributed by atoms with van der Waals surface area (Å²) >= 11 is 0. The van der Waals surface area contributed by atoms with E-state index in [0.717, 1.165) is 37.2 Å². The molecule has 1 aliphatic carbocycles. The molecule has 1 aliphatic rings. The Kier molecular flexibility index (Phi) is 4.01. The highest BCUT2D eigenvalue weighted by molar-refractivity contribution is 5.56. The molecule has 0 amide bonds. The Morgan fingerprint density at radius 3 is 2.95 bits per heavy atom. The molecule has 0 aliphatic heterocycles.